The molecule has 0 saturated heterocycles. The first-order valence-corrected chi connectivity index (χ1v) is 12.0. The summed E-state index contributed by atoms with van der Waals surface area (Å²) < 4.78 is 0. The van der Waals surface area contributed by atoms with Crippen LogP contribution in [0.15, 0.2) is 82.6 Å². The molecule has 0 unspecified atom stereocenters. The summed E-state index contributed by atoms with van der Waals surface area (Å²) in [4.78, 5) is 27.1. The predicted octanol–water partition coefficient (Wildman–Crippen LogP) is 4.99. The third-order valence-electron chi connectivity index (χ3n) is 4.63. The van der Waals surface area contributed by atoms with Gasteiger partial charge in [-0.1, -0.05) is 24.3 Å². The number of benzene rings is 3. The lowest BCUT2D eigenvalue weighted by Crippen LogP contribution is -2.24. The van der Waals surface area contributed by atoms with Crippen LogP contribution in [0.2, 0.25) is 0 Å². The molecular formula is C24H24N2O2S2. The Balaban J connectivity index is 1.51. The molecular weight excluding hydrogens is 412 g/mol. The van der Waals surface area contributed by atoms with Crippen LogP contribution in [0.25, 0.3) is 0 Å². The molecule has 3 aromatic rings. The summed E-state index contributed by atoms with van der Waals surface area (Å²) in [6, 6.07) is 22.9. The predicted molar refractivity (Wildman–Crippen MR) is 125 cm³/mol. The zero-order valence-corrected chi connectivity index (χ0v) is 18.6. The summed E-state index contributed by atoms with van der Waals surface area (Å²) in [5, 5.41) is 5.82. The lowest BCUT2D eigenvalue weighted by atomic mass is 10.1. The van der Waals surface area contributed by atoms with Crippen molar-refractivity contribution in [3.63, 3.8) is 0 Å². The van der Waals surface area contributed by atoms with Gasteiger partial charge in [-0.15, -0.1) is 23.5 Å². The second-order valence-electron chi connectivity index (χ2n) is 6.64. The number of rotatable bonds is 8. The molecule has 0 atom stereocenters. The largest absolute Gasteiger partial charge is 0.348 e. The number of amides is 2. The van der Waals surface area contributed by atoms with Gasteiger partial charge in [-0.3, -0.25) is 9.59 Å². The van der Waals surface area contributed by atoms with Gasteiger partial charge in [-0.05, 0) is 72.2 Å². The summed E-state index contributed by atoms with van der Waals surface area (Å²) >= 11 is 3.37. The summed E-state index contributed by atoms with van der Waals surface area (Å²) in [6.45, 7) is 0.927. The fraction of sp³-hybridized carbons (Fsp3) is 0.167. The lowest BCUT2D eigenvalue weighted by molar-refractivity contribution is 0.0939. The third kappa shape index (κ3) is 6.15. The first kappa shape index (κ1) is 22.0. The molecule has 0 aliphatic heterocycles. The van der Waals surface area contributed by atoms with Crippen molar-refractivity contribution >= 4 is 35.3 Å². The molecule has 0 bridgehead atoms. The Hall–Kier alpha value is -2.70. The minimum absolute atomic E-state index is 0.162. The van der Waals surface area contributed by atoms with E-state index in [2.05, 4.69) is 10.6 Å². The molecule has 0 aliphatic rings. The van der Waals surface area contributed by atoms with Crippen molar-refractivity contribution in [2.75, 3.05) is 12.5 Å². The van der Waals surface area contributed by atoms with Crippen molar-refractivity contribution in [2.24, 2.45) is 0 Å². The van der Waals surface area contributed by atoms with E-state index < -0.39 is 0 Å². The Labute approximate surface area is 185 Å². The van der Waals surface area contributed by atoms with Crippen LogP contribution < -0.4 is 10.6 Å². The molecule has 2 N–H and O–H groups in total. The number of thioether (sulfide) groups is 2. The van der Waals surface area contributed by atoms with Crippen molar-refractivity contribution in [3.8, 4) is 0 Å². The molecule has 6 heteroatoms. The fourth-order valence-electron chi connectivity index (χ4n) is 2.83. The highest BCUT2D eigenvalue weighted by Crippen LogP contribution is 2.16. The number of nitrogens with one attached hydrogen (secondary N) is 2. The van der Waals surface area contributed by atoms with Gasteiger partial charge in [0.1, 0.15) is 0 Å². The molecule has 3 rings (SSSR count). The second kappa shape index (κ2) is 10.9. The SMILES string of the molecule is CSc1ccc(CNC(=O)c2ccc(C(=O)NCc3ccc(SC)cc3)cc2)cc1. The Morgan fingerprint density at radius 3 is 1.23 bits per heavy atom. The molecule has 0 fully saturated rings. The lowest BCUT2D eigenvalue weighted by Gasteiger charge is -2.08. The zero-order chi connectivity index (χ0) is 21.3. The maximum absolute atomic E-state index is 12.4. The highest BCUT2D eigenvalue weighted by Gasteiger charge is 2.09. The quantitative estimate of drug-likeness (QED) is 0.489. The molecule has 3 aromatic carbocycles. The van der Waals surface area contributed by atoms with Crippen LogP contribution in [0.1, 0.15) is 31.8 Å². The van der Waals surface area contributed by atoms with Gasteiger partial charge in [0.05, 0.1) is 0 Å². The van der Waals surface area contributed by atoms with E-state index in [1.807, 2.05) is 61.0 Å². The van der Waals surface area contributed by atoms with Crippen LogP contribution in [-0.2, 0) is 13.1 Å². The minimum atomic E-state index is -0.162. The van der Waals surface area contributed by atoms with Crippen molar-refractivity contribution in [1.29, 1.82) is 0 Å². The van der Waals surface area contributed by atoms with Crippen LogP contribution in [-0.4, -0.2) is 24.3 Å². The topological polar surface area (TPSA) is 58.2 Å². The van der Waals surface area contributed by atoms with Gasteiger partial charge in [-0.2, -0.15) is 0 Å². The molecule has 30 heavy (non-hydrogen) atoms. The third-order valence-corrected chi connectivity index (χ3v) is 6.12. The van der Waals surface area contributed by atoms with Gasteiger partial charge < -0.3 is 10.6 Å². The maximum atomic E-state index is 12.4. The first-order valence-electron chi connectivity index (χ1n) is 9.51. The van der Waals surface area contributed by atoms with Crippen molar-refractivity contribution in [2.45, 2.75) is 22.9 Å². The van der Waals surface area contributed by atoms with E-state index in [4.69, 9.17) is 0 Å². The van der Waals surface area contributed by atoms with E-state index in [0.717, 1.165) is 11.1 Å². The smallest absolute Gasteiger partial charge is 0.251 e. The number of carbonyl (C=O) groups excluding carboxylic acids is 2. The van der Waals surface area contributed by atoms with E-state index in [0.29, 0.717) is 24.2 Å². The van der Waals surface area contributed by atoms with Crippen LogP contribution in [0, 0.1) is 0 Å². The second-order valence-corrected chi connectivity index (χ2v) is 8.40. The highest BCUT2D eigenvalue weighted by molar-refractivity contribution is 7.98. The van der Waals surface area contributed by atoms with Crippen LogP contribution in [0.5, 0.6) is 0 Å². The summed E-state index contributed by atoms with van der Waals surface area (Å²) in [5.74, 6) is -0.324. The standard InChI is InChI=1S/C24H24N2O2S2/c1-29-21-11-3-17(4-12-21)15-25-23(27)19-7-9-20(10-8-19)24(28)26-16-18-5-13-22(30-2)14-6-18/h3-14H,15-16H2,1-2H3,(H,25,27)(H,26,28). The van der Waals surface area contributed by atoms with Gasteiger partial charge in [0.2, 0.25) is 0 Å². The average molecular weight is 437 g/mol. The molecule has 2 amide bonds. The molecule has 0 heterocycles. The first-order chi connectivity index (χ1) is 14.6. The summed E-state index contributed by atoms with van der Waals surface area (Å²) in [7, 11) is 0. The van der Waals surface area contributed by atoms with E-state index in [9.17, 15) is 9.59 Å². The highest BCUT2D eigenvalue weighted by atomic mass is 32.2. The summed E-state index contributed by atoms with van der Waals surface area (Å²) in [6.07, 6.45) is 4.06. The Kier molecular flexibility index (Phi) is 7.99. The zero-order valence-electron chi connectivity index (χ0n) is 17.0. The van der Waals surface area contributed by atoms with Crippen molar-refractivity contribution < 1.29 is 9.59 Å². The maximum Gasteiger partial charge on any atom is 0.251 e. The molecule has 4 nitrogen and oxygen atoms in total. The van der Waals surface area contributed by atoms with Crippen molar-refractivity contribution in [3.05, 3.63) is 95.1 Å². The molecule has 154 valence electrons. The Morgan fingerprint density at radius 1 is 0.600 bits per heavy atom. The normalized spacial score (nSPS) is 10.5. The number of hydrogen-bond acceptors (Lipinski definition) is 4. The summed E-state index contributed by atoms with van der Waals surface area (Å²) in [5.41, 5.74) is 3.14. The van der Waals surface area contributed by atoms with Gasteiger partial charge in [-0.25, -0.2) is 0 Å². The number of carbonyl (C=O) groups is 2. The van der Waals surface area contributed by atoms with Gasteiger partial charge in [0, 0.05) is 34.0 Å². The van der Waals surface area contributed by atoms with E-state index in [1.165, 1.54) is 9.79 Å². The average Bonchev–Trinajstić information content (AvgIpc) is 2.81. The molecule has 0 aliphatic carbocycles. The molecule has 0 saturated carbocycles. The molecule has 0 radical (unpaired) electrons. The van der Waals surface area contributed by atoms with Crippen molar-refractivity contribution in [1.82, 2.24) is 10.6 Å². The monoisotopic (exact) mass is 436 g/mol. The fourth-order valence-corrected chi connectivity index (χ4v) is 3.65. The Morgan fingerprint density at radius 2 is 0.933 bits per heavy atom. The van der Waals surface area contributed by atoms with E-state index >= 15 is 0 Å². The number of hydrogen-bond donors (Lipinski definition) is 2. The molecule has 0 spiro atoms. The van der Waals surface area contributed by atoms with Crippen LogP contribution >= 0.6 is 23.5 Å². The minimum Gasteiger partial charge on any atom is -0.348 e. The van der Waals surface area contributed by atoms with Gasteiger partial charge >= 0.3 is 0 Å². The van der Waals surface area contributed by atoms with Gasteiger partial charge in [0.15, 0.2) is 0 Å². The van der Waals surface area contributed by atoms with E-state index in [1.54, 1.807) is 47.8 Å². The van der Waals surface area contributed by atoms with E-state index in [-0.39, 0.29) is 11.8 Å². The van der Waals surface area contributed by atoms with Crippen LogP contribution in [0.4, 0.5) is 0 Å². The van der Waals surface area contributed by atoms with Gasteiger partial charge in [0.25, 0.3) is 11.8 Å². The Bertz CT molecular complexity index is 903. The van der Waals surface area contributed by atoms with Crippen LogP contribution in [0.3, 0.4) is 0 Å². The molecule has 0 aromatic heterocycles.